The van der Waals surface area contributed by atoms with E-state index in [0.717, 1.165) is 31.6 Å². The van der Waals surface area contributed by atoms with Crippen LogP contribution in [0.3, 0.4) is 0 Å². The number of ether oxygens (including phenoxy) is 1. The van der Waals surface area contributed by atoms with Gasteiger partial charge in [-0.2, -0.15) is 0 Å². The Balaban J connectivity index is 1.59. The zero-order chi connectivity index (χ0) is 17.5. The Kier molecular flexibility index (Phi) is 5.92. The molecule has 3 rings (SSSR count). The van der Waals surface area contributed by atoms with Crippen molar-refractivity contribution in [2.75, 3.05) is 38.7 Å². The van der Waals surface area contributed by atoms with E-state index >= 15 is 0 Å². The number of nitrogens with one attached hydrogen (secondary N) is 2. The van der Waals surface area contributed by atoms with Gasteiger partial charge in [-0.15, -0.1) is 0 Å². The summed E-state index contributed by atoms with van der Waals surface area (Å²) >= 11 is 0. The van der Waals surface area contributed by atoms with Crippen molar-refractivity contribution in [3.63, 3.8) is 0 Å². The van der Waals surface area contributed by atoms with Gasteiger partial charge in [-0.05, 0) is 6.42 Å². The van der Waals surface area contributed by atoms with Crippen molar-refractivity contribution in [2.45, 2.75) is 12.5 Å². The number of carbonyl (C=O) groups is 1. The van der Waals surface area contributed by atoms with E-state index in [2.05, 4.69) is 25.5 Å². The lowest BCUT2D eigenvalue weighted by molar-refractivity contribution is 0.160. The van der Waals surface area contributed by atoms with E-state index < -0.39 is 0 Å². The van der Waals surface area contributed by atoms with Crippen molar-refractivity contribution in [3.8, 4) is 11.3 Å². The molecule has 132 valence electrons. The number of methoxy groups -OCH3 is 1. The van der Waals surface area contributed by atoms with Gasteiger partial charge in [0.05, 0.1) is 24.2 Å². The Morgan fingerprint density at radius 1 is 1.36 bits per heavy atom. The van der Waals surface area contributed by atoms with Gasteiger partial charge in [-0.1, -0.05) is 30.3 Å². The molecule has 25 heavy (non-hydrogen) atoms. The Morgan fingerprint density at radius 2 is 2.20 bits per heavy atom. The molecule has 0 saturated carbocycles. The predicted octanol–water partition coefficient (Wildman–Crippen LogP) is 1.99. The summed E-state index contributed by atoms with van der Waals surface area (Å²) in [7, 11) is 1.70. The molecule has 1 unspecified atom stereocenters. The fourth-order valence-electron chi connectivity index (χ4n) is 2.96. The minimum Gasteiger partial charge on any atom is -0.383 e. The quantitative estimate of drug-likeness (QED) is 0.840. The lowest BCUT2D eigenvalue weighted by Gasteiger charge is -2.17. The summed E-state index contributed by atoms with van der Waals surface area (Å²) in [5.74, 6) is 0. The van der Waals surface area contributed by atoms with E-state index in [0.29, 0.717) is 18.0 Å². The molecule has 2 N–H and O–H groups in total. The number of urea groups is 1. The first-order valence-electron chi connectivity index (χ1n) is 8.40. The second-order valence-corrected chi connectivity index (χ2v) is 6.03. The number of anilines is 1. The molecule has 0 radical (unpaired) electrons. The number of benzene rings is 1. The van der Waals surface area contributed by atoms with E-state index in [1.807, 2.05) is 30.3 Å². The van der Waals surface area contributed by atoms with Gasteiger partial charge in [0.1, 0.15) is 6.33 Å². The molecular weight excluding hydrogens is 318 g/mol. The molecule has 0 bridgehead atoms. The Morgan fingerprint density at radius 3 is 3.00 bits per heavy atom. The Labute approximate surface area is 147 Å². The van der Waals surface area contributed by atoms with E-state index in [9.17, 15) is 4.79 Å². The molecule has 2 heterocycles. The fraction of sp³-hybridized carbons (Fsp3) is 0.389. The number of hydrogen-bond acceptors (Lipinski definition) is 5. The van der Waals surface area contributed by atoms with Crippen molar-refractivity contribution in [3.05, 3.63) is 42.9 Å². The first-order chi connectivity index (χ1) is 12.3. The smallest absolute Gasteiger partial charge is 0.319 e. The van der Waals surface area contributed by atoms with Crippen LogP contribution < -0.4 is 10.6 Å². The number of aromatic nitrogens is 2. The molecule has 1 aliphatic heterocycles. The highest BCUT2D eigenvalue weighted by Gasteiger charge is 2.23. The Hall–Kier alpha value is -2.51. The highest BCUT2D eigenvalue weighted by atomic mass is 16.5. The summed E-state index contributed by atoms with van der Waals surface area (Å²) in [5, 5.41) is 5.90. The third-order valence-corrected chi connectivity index (χ3v) is 4.23. The van der Waals surface area contributed by atoms with Crippen molar-refractivity contribution in [1.29, 1.82) is 0 Å². The Bertz CT molecular complexity index is 695. The van der Waals surface area contributed by atoms with Gasteiger partial charge in [0.2, 0.25) is 0 Å². The summed E-state index contributed by atoms with van der Waals surface area (Å²) in [5.41, 5.74) is 2.24. The maximum absolute atomic E-state index is 12.4. The summed E-state index contributed by atoms with van der Waals surface area (Å²) in [6.07, 6.45) is 4.04. The predicted molar refractivity (Wildman–Crippen MR) is 96.3 cm³/mol. The van der Waals surface area contributed by atoms with Crippen LogP contribution in [0.1, 0.15) is 6.42 Å². The minimum atomic E-state index is -0.231. The van der Waals surface area contributed by atoms with Crippen LogP contribution in [0.2, 0.25) is 0 Å². The third kappa shape index (κ3) is 4.74. The fourth-order valence-corrected chi connectivity index (χ4v) is 2.96. The molecule has 1 saturated heterocycles. The van der Waals surface area contributed by atoms with Crippen molar-refractivity contribution < 1.29 is 9.53 Å². The zero-order valence-corrected chi connectivity index (χ0v) is 14.3. The molecule has 1 aromatic carbocycles. The summed E-state index contributed by atoms with van der Waals surface area (Å²) < 4.78 is 5.10. The number of rotatable bonds is 6. The molecule has 7 nitrogen and oxygen atoms in total. The third-order valence-electron chi connectivity index (χ3n) is 4.23. The molecule has 1 fully saturated rings. The molecule has 0 spiro atoms. The normalized spacial score (nSPS) is 17.4. The average molecular weight is 341 g/mol. The van der Waals surface area contributed by atoms with Gasteiger partial charge in [-0.3, -0.25) is 4.90 Å². The van der Waals surface area contributed by atoms with Crippen LogP contribution in [0.4, 0.5) is 10.5 Å². The highest BCUT2D eigenvalue weighted by molar-refractivity contribution is 5.93. The maximum Gasteiger partial charge on any atom is 0.319 e. The number of carbonyl (C=O) groups excluding carboxylic acids is 1. The number of hydrogen-bond donors (Lipinski definition) is 2. The molecule has 0 aliphatic carbocycles. The summed E-state index contributed by atoms with van der Waals surface area (Å²) in [4.78, 5) is 23.0. The molecule has 1 aromatic heterocycles. The molecule has 2 aromatic rings. The largest absolute Gasteiger partial charge is 0.383 e. The van der Waals surface area contributed by atoms with Gasteiger partial charge < -0.3 is 15.4 Å². The second-order valence-electron chi connectivity index (χ2n) is 6.03. The van der Waals surface area contributed by atoms with E-state index in [-0.39, 0.29) is 12.1 Å². The van der Waals surface area contributed by atoms with Gasteiger partial charge >= 0.3 is 6.03 Å². The van der Waals surface area contributed by atoms with E-state index in [4.69, 9.17) is 4.74 Å². The monoisotopic (exact) mass is 341 g/mol. The lowest BCUT2D eigenvalue weighted by atomic mass is 10.1. The average Bonchev–Trinajstić information content (AvgIpc) is 3.08. The molecule has 7 heteroatoms. The van der Waals surface area contributed by atoms with Gasteiger partial charge in [0.15, 0.2) is 0 Å². The molecule has 1 atom stereocenters. The summed E-state index contributed by atoms with van der Waals surface area (Å²) in [6.45, 7) is 3.41. The van der Waals surface area contributed by atoms with Crippen molar-refractivity contribution >= 4 is 11.7 Å². The first-order valence-corrected chi connectivity index (χ1v) is 8.40. The van der Waals surface area contributed by atoms with Crippen LogP contribution in [0, 0.1) is 0 Å². The lowest BCUT2D eigenvalue weighted by Crippen LogP contribution is -2.40. The van der Waals surface area contributed by atoms with Crippen LogP contribution in [-0.2, 0) is 4.74 Å². The molecule has 2 amide bonds. The SMILES string of the molecule is COCCN1CCC(NC(=O)Nc2cncnc2-c2ccccc2)C1. The van der Waals surface area contributed by atoms with E-state index in [1.54, 1.807) is 13.3 Å². The summed E-state index contributed by atoms with van der Waals surface area (Å²) in [6, 6.07) is 9.64. The van der Waals surface area contributed by atoms with Crippen molar-refractivity contribution in [1.82, 2.24) is 20.2 Å². The number of nitrogens with zero attached hydrogens (tertiary/aromatic N) is 3. The maximum atomic E-state index is 12.4. The molecule has 1 aliphatic rings. The first kappa shape index (κ1) is 17.3. The van der Waals surface area contributed by atoms with Crippen LogP contribution in [0.25, 0.3) is 11.3 Å². The number of likely N-dealkylation sites (tertiary alicyclic amines) is 1. The van der Waals surface area contributed by atoms with Crippen molar-refractivity contribution in [2.24, 2.45) is 0 Å². The number of amides is 2. The van der Waals surface area contributed by atoms with Crippen LogP contribution in [0.15, 0.2) is 42.9 Å². The topological polar surface area (TPSA) is 79.4 Å². The van der Waals surface area contributed by atoms with Crippen LogP contribution >= 0.6 is 0 Å². The minimum absolute atomic E-state index is 0.140. The van der Waals surface area contributed by atoms with E-state index in [1.165, 1.54) is 6.33 Å². The second kappa shape index (κ2) is 8.55. The highest BCUT2D eigenvalue weighted by Crippen LogP contribution is 2.24. The zero-order valence-electron chi connectivity index (χ0n) is 14.3. The standard InChI is InChI=1S/C18H23N5O2/c1-25-10-9-23-8-7-15(12-23)21-18(24)22-16-11-19-13-20-17(16)14-5-3-2-4-6-14/h2-6,11,13,15H,7-10,12H2,1H3,(H2,21,22,24). The molecular formula is C18H23N5O2. The van der Waals surface area contributed by atoms with Crippen LogP contribution in [0.5, 0.6) is 0 Å². The van der Waals surface area contributed by atoms with Gasteiger partial charge in [0, 0.05) is 38.3 Å². The van der Waals surface area contributed by atoms with Crippen LogP contribution in [-0.4, -0.2) is 60.3 Å². The van der Waals surface area contributed by atoms with Gasteiger partial charge in [-0.25, -0.2) is 14.8 Å². The van der Waals surface area contributed by atoms with Gasteiger partial charge in [0.25, 0.3) is 0 Å².